The van der Waals surface area contributed by atoms with Crippen molar-refractivity contribution in [2.24, 2.45) is 0 Å². The minimum atomic E-state index is -0.0266. The Balaban J connectivity index is 1.62. The normalized spacial score (nSPS) is 25.7. The summed E-state index contributed by atoms with van der Waals surface area (Å²) >= 11 is 0. The zero-order chi connectivity index (χ0) is 13.4. The molecule has 1 aromatic rings. The molecule has 102 valence electrons. The molecule has 6 nitrogen and oxygen atoms in total. The van der Waals surface area contributed by atoms with Gasteiger partial charge in [-0.05, 0) is 19.5 Å². The highest BCUT2D eigenvalue weighted by Gasteiger charge is 2.46. The van der Waals surface area contributed by atoms with Gasteiger partial charge in [-0.1, -0.05) is 0 Å². The topological polar surface area (TPSA) is 57.7 Å². The van der Waals surface area contributed by atoms with Crippen LogP contribution in [0.2, 0.25) is 0 Å². The van der Waals surface area contributed by atoms with Gasteiger partial charge in [0.05, 0.1) is 19.0 Å². The standard InChI is InChI=1S/C13H18N4O2/c1-16-7-10-5-11(8-16)17(10)13(18)15-9-3-4-12(19-2)14-6-9/h3-4,6,10-11H,5,7-8H2,1-2H3,(H,15,18). The van der Waals surface area contributed by atoms with Crippen molar-refractivity contribution in [3.63, 3.8) is 0 Å². The number of nitrogens with zero attached hydrogens (tertiary/aromatic N) is 3. The molecule has 0 saturated carbocycles. The fourth-order valence-electron chi connectivity index (χ4n) is 2.92. The van der Waals surface area contributed by atoms with Crippen LogP contribution < -0.4 is 10.1 Å². The molecule has 0 aliphatic carbocycles. The van der Waals surface area contributed by atoms with E-state index in [-0.39, 0.29) is 6.03 Å². The first-order valence-corrected chi connectivity index (χ1v) is 6.45. The Labute approximate surface area is 112 Å². The van der Waals surface area contributed by atoms with Crippen molar-refractivity contribution in [2.45, 2.75) is 18.5 Å². The van der Waals surface area contributed by atoms with E-state index in [0.29, 0.717) is 23.7 Å². The second kappa shape index (κ2) is 4.70. The maximum Gasteiger partial charge on any atom is 0.322 e. The van der Waals surface area contributed by atoms with Crippen LogP contribution in [-0.2, 0) is 0 Å². The number of urea groups is 1. The second-order valence-electron chi connectivity index (χ2n) is 5.19. The number of anilines is 1. The van der Waals surface area contributed by atoms with Gasteiger partial charge in [0.2, 0.25) is 5.88 Å². The highest BCUT2D eigenvalue weighted by Crippen LogP contribution is 2.32. The summed E-state index contributed by atoms with van der Waals surface area (Å²) in [6.07, 6.45) is 2.73. The molecular formula is C13H18N4O2. The first-order valence-electron chi connectivity index (χ1n) is 6.45. The zero-order valence-electron chi connectivity index (χ0n) is 11.2. The van der Waals surface area contributed by atoms with Crippen molar-refractivity contribution < 1.29 is 9.53 Å². The zero-order valence-corrected chi connectivity index (χ0v) is 11.2. The number of hydrogen-bond donors (Lipinski definition) is 1. The third-order valence-corrected chi connectivity index (χ3v) is 3.81. The highest BCUT2D eigenvalue weighted by atomic mass is 16.5. The van der Waals surface area contributed by atoms with E-state index >= 15 is 0 Å². The van der Waals surface area contributed by atoms with Crippen LogP contribution in [0.1, 0.15) is 6.42 Å². The van der Waals surface area contributed by atoms with E-state index < -0.39 is 0 Å². The quantitative estimate of drug-likeness (QED) is 0.864. The summed E-state index contributed by atoms with van der Waals surface area (Å²) in [5.74, 6) is 0.542. The fraction of sp³-hybridized carbons (Fsp3) is 0.538. The van der Waals surface area contributed by atoms with Crippen LogP contribution in [-0.4, -0.2) is 60.1 Å². The monoisotopic (exact) mass is 262 g/mol. The molecule has 2 unspecified atom stereocenters. The number of hydrogen-bond acceptors (Lipinski definition) is 4. The van der Waals surface area contributed by atoms with Gasteiger partial charge < -0.3 is 19.9 Å². The van der Waals surface area contributed by atoms with E-state index in [9.17, 15) is 4.79 Å². The summed E-state index contributed by atoms with van der Waals surface area (Å²) in [6.45, 7) is 1.93. The van der Waals surface area contributed by atoms with E-state index in [1.165, 1.54) is 0 Å². The number of pyridine rings is 1. The van der Waals surface area contributed by atoms with E-state index in [2.05, 4.69) is 22.2 Å². The smallest absolute Gasteiger partial charge is 0.322 e. The predicted octanol–water partition coefficient (Wildman–Crippen LogP) is 1.01. The number of carbonyl (C=O) groups is 1. The van der Waals surface area contributed by atoms with Crippen LogP contribution >= 0.6 is 0 Å². The Morgan fingerprint density at radius 1 is 1.42 bits per heavy atom. The lowest BCUT2D eigenvalue weighted by Gasteiger charge is -2.55. The van der Waals surface area contributed by atoms with Crippen molar-refractivity contribution in [2.75, 3.05) is 32.6 Å². The number of piperazine rings is 1. The lowest BCUT2D eigenvalue weighted by atomic mass is 9.88. The Bertz CT molecular complexity index is 464. The van der Waals surface area contributed by atoms with E-state index in [0.717, 1.165) is 19.5 Å². The van der Waals surface area contributed by atoms with Crippen molar-refractivity contribution in [1.82, 2.24) is 14.8 Å². The number of amides is 2. The maximum atomic E-state index is 12.2. The number of aromatic nitrogens is 1. The number of piperidine rings is 1. The van der Waals surface area contributed by atoms with Crippen molar-refractivity contribution >= 4 is 11.7 Å². The maximum absolute atomic E-state index is 12.2. The van der Waals surface area contributed by atoms with Gasteiger partial charge in [-0.25, -0.2) is 9.78 Å². The van der Waals surface area contributed by atoms with Crippen molar-refractivity contribution in [3.8, 4) is 5.88 Å². The third-order valence-electron chi connectivity index (χ3n) is 3.81. The Kier molecular flexibility index (Phi) is 3.02. The molecule has 2 amide bonds. The summed E-state index contributed by atoms with van der Waals surface area (Å²) in [5, 5.41) is 2.89. The van der Waals surface area contributed by atoms with Gasteiger partial charge in [-0.3, -0.25) is 0 Å². The molecule has 6 heteroatoms. The van der Waals surface area contributed by atoms with Gasteiger partial charge in [0.1, 0.15) is 0 Å². The average Bonchev–Trinajstić information content (AvgIpc) is 2.39. The van der Waals surface area contributed by atoms with E-state index in [1.807, 2.05) is 4.90 Å². The SMILES string of the molecule is COc1ccc(NC(=O)N2C3CC2CN(C)C3)cn1. The largest absolute Gasteiger partial charge is 0.481 e. The Hall–Kier alpha value is -1.82. The van der Waals surface area contributed by atoms with E-state index in [1.54, 1.807) is 25.4 Å². The number of likely N-dealkylation sites (N-methyl/N-ethyl adjacent to an activating group) is 1. The van der Waals surface area contributed by atoms with Gasteiger partial charge in [0.15, 0.2) is 0 Å². The number of fused-ring (bicyclic) bond motifs is 2. The van der Waals surface area contributed by atoms with E-state index in [4.69, 9.17) is 4.74 Å². The molecule has 2 atom stereocenters. The molecule has 0 spiro atoms. The number of ether oxygens (including phenoxy) is 1. The van der Waals surface area contributed by atoms with Crippen molar-refractivity contribution in [1.29, 1.82) is 0 Å². The lowest BCUT2D eigenvalue weighted by Crippen LogP contribution is -2.70. The molecule has 3 heterocycles. The molecule has 2 aliphatic heterocycles. The van der Waals surface area contributed by atoms with Gasteiger partial charge in [0, 0.05) is 31.2 Å². The number of rotatable bonds is 2. The Morgan fingerprint density at radius 3 is 2.74 bits per heavy atom. The molecule has 1 N–H and O–H groups in total. The molecular weight excluding hydrogens is 244 g/mol. The highest BCUT2D eigenvalue weighted by molar-refractivity contribution is 5.90. The van der Waals surface area contributed by atoms with Gasteiger partial charge in [0.25, 0.3) is 0 Å². The number of methoxy groups -OCH3 is 1. The predicted molar refractivity (Wildman–Crippen MR) is 71.3 cm³/mol. The molecule has 2 bridgehead atoms. The van der Waals surface area contributed by atoms with Crippen LogP contribution in [0.15, 0.2) is 18.3 Å². The Morgan fingerprint density at radius 2 is 2.16 bits per heavy atom. The van der Waals surface area contributed by atoms with Gasteiger partial charge in [-0.15, -0.1) is 0 Å². The molecule has 1 aromatic heterocycles. The summed E-state index contributed by atoms with van der Waals surface area (Å²) in [6, 6.07) is 4.22. The minimum Gasteiger partial charge on any atom is -0.481 e. The minimum absolute atomic E-state index is 0.0266. The number of likely N-dealkylation sites (tertiary alicyclic amines) is 2. The number of nitrogens with one attached hydrogen (secondary N) is 1. The molecule has 19 heavy (non-hydrogen) atoms. The summed E-state index contributed by atoms with van der Waals surface area (Å²) in [7, 11) is 3.67. The summed E-state index contributed by atoms with van der Waals surface area (Å²) in [4.78, 5) is 20.5. The van der Waals surface area contributed by atoms with Crippen molar-refractivity contribution in [3.05, 3.63) is 18.3 Å². The molecule has 2 fully saturated rings. The lowest BCUT2D eigenvalue weighted by molar-refractivity contribution is -0.0221. The molecule has 3 rings (SSSR count). The van der Waals surface area contributed by atoms with Crippen LogP contribution in [0.5, 0.6) is 5.88 Å². The van der Waals surface area contributed by atoms with Gasteiger partial charge >= 0.3 is 6.03 Å². The van der Waals surface area contributed by atoms with Crippen LogP contribution in [0.25, 0.3) is 0 Å². The second-order valence-corrected chi connectivity index (χ2v) is 5.19. The molecule has 0 radical (unpaired) electrons. The molecule has 2 saturated heterocycles. The van der Waals surface area contributed by atoms with Crippen LogP contribution in [0.4, 0.5) is 10.5 Å². The average molecular weight is 262 g/mol. The molecule has 2 aliphatic rings. The fourth-order valence-corrected chi connectivity index (χ4v) is 2.92. The third kappa shape index (κ3) is 2.23. The number of carbonyl (C=O) groups excluding carboxylic acids is 1. The van der Waals surface area contributed by atoms with Crippen LogP contribution in [0, 0.1) is 0 Å². The summed E-state index contributed by atoms with van der Waals surface area (Å²) < 4.78 is 4.99. The summed E-state index contributed by atoms with van der Waals surface area (Å²) in [5.41, 5.74) is 0.698. The molecule has 0 aromatic carbocycles. The first-order chi connectivity index (χ1) is 9.17. The van der Waals surface area contributed by atoms with Crippen LogP contribution in [0.3, 0.4) is 0 Å². The first kappa shape index (κ1) is 12.2. The van der Waals surface area contributed by atoms with Gasteiger partial charge in [-0.2, -0.15) is 0 Å².